The van der Waals surface area contributed by atoms with Gasteiger partial charge in [0, 0.05) is 12.0 Å². The molecule has 0 saturated carbocycles. The van der Waals surface area contributed by atoms with E-state index in [1.165, 1.54) is 21.6 Å². The maximum absolute atomic E-state index is 10.3. The lowest BCUT2D eigenvalue weighted by atomic mass is 9.87. The molecule has 0 aromatic heterocycles. The summed E-state index contributed by atoms with van der Waals surface area (Å²) in [5.74, 6) is 0.825. The average Bonchev–Trinajstić information content (AvgIpc) is 2.59. The first-order valence-electron chi connectivity index (χ1n) is 9.23. The van der Waals surface area contributed by atoms with E-state index in [9.17, 15) is 5.11 Å². The van der Waals surface area contributed by atoms with Gasteiger partial charge in [-0.25, -0.2) is 0 Å². The van der Waals surface area contributed by atoms with Gasteiger partial charge in [-0.15, -0.1) is 0 Å². The molecule has 0 spiro atoms. The van der Waals surface area contributed by atoms with Gasteiger partial charge in [0.25, 0.3) is 0 Å². The minimum Gasteiger partial charge on any atom is -0.491 e. The Hall–Kier alpha value is -1.84. The molecule has 0 aliphatic carbocycles. The van der Waals surface area contributed by atoms with Crippen LogP contribution in [-0.2, 0) is 18.4 Å². The molecule has 0 bridgehead atoms. The summed E-state index contributed by atoms with van der Waals surface area (Å²) in [7, 11) is 0. The Morgan fingerprint density at radius 2 is 1.72 bits per heavy atom. The third kappa shape index (κ3) is 4.83. The van der Waals surface area contributed by atoms with Gasteiger partial charge in [0.1, 0.15) is 31.5 Å². The Morgan fingerprint density at radius 3 is 2.40 bits per heavy atom. The lowest BCUT2D eigenvalue weighted by molar-refractivity contribution is -0.918. The largest absolute Gasteiger partial charge is 0.491 e. The molecule has 25 heavy (non-hydrogen) atoms. The monoisotopic (exact) mass is 340 g/mol. The van der Waals surface area contributed by atoms with Crippen molar-refractivity contribution in [1.29, 1.82) is 0 Å². The van der Waals surface area contributed by atoms with Crippen LogP contribution in [0.25, 0.3) is 0 Å². The number of hydrogen-bond donors (Lipinski definition) is 2. The lowest BCUT2D eigenvalue weighted by Crippen LogP contribution is -3.13. The number of aliphatic hydroxyl groups excluding tert-OH is 1. The van der Waals surface area contributed by atoms with Gasteiger partial charge in [-0.2, -0.15) is 0 Å². The molecule has 0 amide bonds. The van der Waals surface area contributed by atoms with Crippen molar-refractivity contribution in [2.45, 2.75) is 45.3 Å². The minimum atomic E-state index is -0.442. The van der Waals surface area contributed by atoms with E-state index < -0.39 is 6.10 Å². The number of aliphatic hydroxyl groups is 1. The Labute approximate surface area is 151 Å². The van der Waals surface area contributed by atoms with Crippen LogP contribution < -0.4 is 9.64 Å². The van der Waals surface area contributed by atoms with Crippen LogP contribution in [0.2, 0.25) is 0 Å². The summed E-state index contributed by atoms with van der Waals surface area (Å²) in [4.78, 5) is 1.43. The molecule has 2 N–H and O–H groups in total. The van der Waals surface area contributed by atoms with Crippen LogP contribution in [0.1, 0.15) is 37.5 Å². The van der Waals surface area contributed by atoms with Crippen molar-refractivity contribution < 1.29 is 14.7 Å². The fourth-order valence-electron chi connectivity index (χ4n) is 3.45. The predicted molar refractivity (Wildman–Crippen MR) is 101 cm³/mol. The molecule has 3 nitrogen and oxygen atoms in total. The van der Waals surface area contributed by atoms with Gasteiger partial charge in [0.2, 0.25) is 0 Å². The number of fused-ring (bicyclic) bond motifs is 1. The molecule has 134 valence electrons. The Kier molecular flexibility index (Phi) is 5.45. The molecule has 2 aromatic carbocycles. The lowest BCUT2D eigenvalue weighted by Gasteiger charge is -2.27. The average molecular weight is 340 g/mol. The maximum atomic E-state index is 10.3. The first-order valence-corrected chi connectivity index (χ1v) is 9.23. The van der Waals surface area contributed by atoms with Crippen molar-refractivity contribution in [2.24, 2.45) is 0 Å². The highest BCUT2D eigenvalue weighted by atomic mass is 16.5. The Balaban J connectivity index is 1.48. The first kappa shape index (κ1) is 18.0. The molecular weight excluding hydrogens is 310 g/mol. The molecule has 3 rings (SSSR count). The third-order valence-corrected chi connectivity index (χ3v) is 4.99. The van der Waals surface area contributed by atoms with E-state index >= 15 is 0 Å². The highest BCUT2D eigenvalue weighted by molar-refractivity contribution is 5.31. The molecular formula is C22H30NO2+. The molecule has 0 saturated heterocycles. The highest BCUT2D eigenvalue weighted by Gasteiger charge is 2.22. The van der Waals surface area contributed by atoms with Crippen LogP contribution in [-0.4, -0.2) is 30.9 Å². The normalized spacial score (nSPS) is 18.5. The third-order valence-electron chi connectivity index (χ3n) is 4.99. The first-order chi connectivity index (χ1) is 11.9. The molecule has 2 aromatic rings. The zero-order valence-corrected chi connectivity index (χ0v) is 15.6. The second kappa shape index (κ2) is 7.59. The smallest absolute Gasteiger partial charge is 0.137 e. The zero-order chi connectivity index (χ0) is 17.9. The summed E-state index contributed by atoms with van der Waals surface area (Å²) < 4.78 is 5.78. The number of quaternary nitrogens is 1. The van der Waals surface area contributed by atoms with Crippen molar-refractivity contribution in [2.75, 3.05) is 19.7 Å². The topological polar surface area (TPSA) is 33.9 Å². The SMILES string of the molecule is CC(C)(C)c1ccc(OC[C@@H](O)C[NH+]2CCc3ccccc3C2)cc1. The number of rotatable bonds is 5. The van der Waals surface area contributed by atoms with Gasteiger partial charge in [-0.05, 0) is 28.7 Å². The molecule has 2 atom stereocenters. The highest BCUT2D eigenvalue weighted by Crippen LogP contribution is 2.24. The maximum Gasteiger partial charge on any atom is 0.137 e. The van der Waals surface area contributed by atoms with E-state index in [0.717, 1.165) is 31.8 Å². The summed E-state index contributed by atoms with van der Waals surface area (Å²) in [6.07, 6.45) is 0.649. The molecule has 0 radical (unpaired) electrons. The molecule has 1 aliphatic heterocycles. The fourth-order valence-corrected chi connectivity index (χ4v) is 3.45. The van der Waals surface area contributed by atoms with E-state index in [0.29, 0.717) is 6.61 Å². The van der Waals surface area contributed by atoms with Crippen LogP contribution in [0, 0.1) is 0 Å². The van der Waals surface area contributed by atoms with Gasteiger partial charge in [0.05, 0.1) is 6.54 Å². The quantitative estimate of drug-likeness (QED) is 0.876. The summed E-state index contributed by atoms with van der Waals surface area (Å²) >= 11 is 0. The van der Waals surface area contributed by atoms with Crippen LogP contribution in [0.3, 0.4) is 0 Å². The number of nitrogens with one attached hydrogen (secondary N) is 1. The molecule has 3 heteroatoms. The molecule has 1 heterocycles. The summed E-state index contributed by atoms with van der Waals surface area (Å²) in [5, 5.41) is 10.3. The van der Waals surface area contributed by atoms with Gasteiger partial charge in [0.15, 0.2) is 0 Å². The standard InChI is InChI=1S/C22H29NO2/c1-22(2,3)19-8-10-21(11-9-19)25-16-20(24)15-23-13-12-17-6-4-5-7-18(17)14-23/h4-11,20,24H,12-16H2,1-3H3/p+1/t20-/m0/s1. The summed E-state index contributed by atoms with van der Waals surface area (Å²) in [6, 6.07) is 16.8. The van der Waals surface area contributed by atoms with E-state index in [4.69, 9.17) is 4.74 Å². The van der Waals surface area contributed by atoms with Gasteiger partial charge in [-0.3, -0.25) is 0 Å². The van der Waals surface area contributed by atoms with Crippen molar-refractivity contribution in [3.8, 4) is 5.75 Å². The fraction of sp³-hybridized carbons (Fsp3) is 0.455. The van der Waals surface area contributed by atoms with Crippen molar-refractivity contribution in [1.82, 2.24) is 0 Å². The molecule has 1 aliphatic rings. The second-order valence-corrected chi connectivity index (χ2v) is 8.14. The van der Waals surface area contributed by atoms with Crippen molar-refractivity contribution in [3.05, 3.63) is 65.2 Å². The second-order valence-electron chi connectivity index (χ2n) is 8.14. The van der Waals surface area contributed by atoms with Crippen LogP contribution in [0.4, 0.5) is 0 Å². The van der Waals surface area contributed by atoms with E-state index in [1.807, 2.05) is 12.1 Å². The van der Waals surface area contributed by atoms with Gasteiger partial charge >= 0.3 is 0 Å². The Bertz CT molecular complexity index is 688. The van der Waals surface area contributed by atoms with Gasteiger partial charge in [-0.1, -0.05) is 57.2 Å². The van der Waals surface area contributed by atoms with Gasteiger partial charge < -0.3 is 14.7 Å². The minimum absolute atomic E-state index is 0.145. The van der Waals surface area contributed by atoms with E-state index in [2.05, 4.69) is 57.2 Å². The predicted octanol–water partition coefficient (Wildman–Crippen LogP) is 2.37. The van der Waals surface area contributed by atoms with E-state index in [-0.39, 0.29) is 5.41 Å². The van der Waals surface area contributed by atoms with Crippen molar-refractivity contribution in [3.63, 3.8) is 0 Å². The zero-order valence-electron chi connectivity index (χ0n) is 15.6. The van der Waals surface area contributed by atoms with Crippen LogP contribution in [0.5, 0.6) is 5.75 Å². The number of benzene rings is 2. The molecule has 1 unspecified atom stereocenters. The van der Waals surface area contributed by atoms with Crippen LogP contribution in [0.15, 0.2) is 48.5 Å². The summed E-state index contributed by atoms with van der Waals surface area (Å²) in [6.45, 7) is 9.75. The van der Waals surface area contributed by atoms with E-state index in [1.54, 1.807) is 0 Å². The number of ether oxygens (including phenoxy) is 1. The Morgan fingerprint density at radius 1 is 1.04 bits per heavy atom. The molecule has 0 fully saturated rings. The van der Waals surface area contributed by atoms with Crippen molar-refractivity contribution >= 4 is 0 Å². The number of hydrogen-bond acceptors (Lipinski definition) is 2. The van der Waals surface area contributed by atoms with Crippen LogP contribution >= 0.6 is 0 Å². The summed E-state index contributed by atoms with van der Waals surface area (Å²) in [5.41, 5.74) is 4.30.